The summed E-state index contributed by atoms with van der Waals surface area (Å²) >= 11 is 1.50. The van der Waals surface area contributed by atoms with E-state index in [-0.39, 0.29) is 5.91 Å². The van der Waals surface area contributed by atoms with Crippen molar-refractivity contribution < 1.29 is 4.79 Å². The smallest absolute Gasteiger partial charge is 0.252 e. The van der Waals surface area contributed by atoms with Crippen molar-refractivity contribution in [3.63, 3.8) is 0 Å². The molecule has 0 saturated heterocycles. The summed E-state index contributed by atoms with van der Waals surface area (Å²) < 4.78 is 0. The number of pyridine rings is 1. The Morgan fingerprint density at radius 2 is 2.00 bits per heavy atom. The molecule has 7 nitrogen and oxygen atoms in total. The minimum absolute atomic E-state index is 0.0700. The minimum Gasteiger partial charge on any atom is -0.368 e. The third-order valence-corrected chi connectivity index (χ3v) is 3.94. The van der Waals surface area contributed by atoms with Gasteiger partial charge in [0.1, 0.15) is 23.3 Å². The number of thiophene rings is 1. The summed E-state index contributed by atoms with van der Waals surface area (Å²) in [7, 11) is 0. The van der Waals surface area contributed by atoms with Crippen LogP contribution >= 0.6 is 11.3 Å². The summed E-state index contributed by atoms with van der Waals surface area (Å²) in [6.45, 7) is 2.89. The quantitative estimate of drug-likeness (QED) is 0.565. The van der Waals surface area contributed by atoms with Gasteiger partial charge in [0.2, 0.25) is 0 Å². The van der Waals surface area contributed by atoms with Gasteiger partial charge in [0.05, 0.1) is 0 Å². The van der Waals surface area contributed by atoms with Crippen LogP contribution in [0, 0.1) is 6.92 Å². The lowest BCUT2D eigenvalue weighted by Gasteiger charge is -2.10. The lowest BCUT2D eigenvalue weighted by molar-refractivity contribution is 0.0955. The number of amides is 1. The molecule has 0 bridgehead atoms. The zero-order chi connectivity index (χ0) is 17.5. The van der Waals surface area contributed by atoms with Crippen molar-refractivity contribution in [3.8, 4) is 0 Å². The zero-order valence-corrected chi connectivity index (χ0v) is 14.5. The Labute approximate surface area is 149 Å². The Kier molecular flexibility index (Phi) is 5.53. The molecule has 0 saturated carbocycles. The lowest BCUT2D eigenvalue weighted by atomic mass is 10.3. The number of hydrogen-bond donors (Lipinski definition) is 3. The zero-order valence-electron chi connectivity index (χ0n) is 13.7. The molecule has 3 aromatic rings. The first-order valence-corrected chi connectivity index (χ1v) is 8.73. The van der Waals surface area contributed by atoms with E-state index in [2.05, 4.69) is 30.9 Å². The predicted octanol–water partition coefficient (Wildman–Crippen LogP) is 2.83. The third-order valence-electron chi connectivity index (χ3n) is 3.26. The molecule has 8 heteroatoms. The van der Waals surface area contributed by atoms with Crippen molar-refractivity contribution in [1.29, 1.82) is 0 Å². The van der Waals surface area contributed by atoms with Crippen molar-refractivity contribution in [2.45, 2.75) is 6.92 Å². The van der Waals surface area contributed by atoms with Crippen LogP contribution in [-0.2, 0) is 0 Å². The Hall–Kier alpha value is -3.00. The fourth-order valence-electron chi connectivity index (χ4n) is 2.15. The number of nitrogens with zero attached hydrogens (tertiary/aromatic N) is 3. The summed E-state index contributed by atoms with van der Waals surface area (Å²) in [5, 5.41) is 12.9. The monoisotopic (exact) mass is 354 g/mol. The molecule has 0 aliphatic heterocycles. The third kappa shape index (κ3) is 4.98. The normalized spacial score (nSPS) is 10.3. The molecule has 0 aliphatic carbocycles. The van der Waals surface area contributed by atoms with Crippen LogP contribution in [0.2, 0.25) is 0 Å². The summed E-state index contributed by atoms with van der Waals surface area (Å²) in [6.07, 6.45) is 1.71. The van der Waals surface area contributed by atoms with E-state index in [4.69, 9.17) is 0 Å². The van der Waals surface area contributed by atoms with E-state index in [1.807, 2.05) is 41.9 Å². The first kappa shape index (κ1) is 16.8. The van der Waals surface area contributed by atoms with Crippen LogP contribution in [0.15, 0.2) is 47.3 Å². The molecule has 3 heterocycles. The topological polar surface area (TPSA) is 91.8 Å². The Morgan fingerprint density at radius 1 is 1.12 bits per heavy atom. The standard InChI is InChI=1S/C17H18N6OS/c1-12-21-15(10-16(22-12)23-14-4-2-3-6-18-14)19-7-8-20-17(24)13-5-9-25-11-13/h2-6,9-11H,7-8H2,1H3,(H,20,24)(H2,18,19,21,22,23). The van der Waals surface area contributed by atoms with Crippen LogP contribution in [0.5, 0.6) is 0 Å². The van der Waals surface area contributed by atoms with E-state index >= 15 is 0 Å². The van der Waals surface area contributed by atoms with Crippen molar-refractivity contribution in [3.05, 3.63) is 58.7 Å². The number of aryl methyl sites for hydroxylation is 1. The summed E-state index contributed by atoms with van der Waals surface area (Å²) in [5.41, 5.74) is 0.685. The molecule has 0 aliphatic rings. The molecule has 0 spiro atoms. The predicted molar refractivity (Wildman–Crippen MR) is 99.4 cm³/mol. The fourth-order valence-corrected chi connectivity index (χ4v) is 2.79. The van der Waals surface area contributed by atoms with Gasteiger partial charge in [0, 0.05) is 36.3 Å². The molecule has 0 radical (unpaired) electrons. The number of carbonyl (C=O) groups is 1. The highest BCUT2D eigenvalue weighted by Gasteiger charge is 2.05. The second kappa shape index (κ2) is 8.20. The van der Waals surface area contributed by atoms with Gasteiger partial charge in [-0.1, -0.05) is 6.07 Å². The number of aromatic nitrogens is 3. The molecular weight excluding hydrogens is 336 g/mol. The first-order valence-electron chi connectivity index (χ1n) is 7.79. The summed E-state index contributed by atoms with van der Waals surface area (Å²) in [6, 6.07) is 9.23. The summed E-state index contributed by atoms with van der Waals surface area (Å²) in [5.74, 6) is 2.64. The maximum absolute atomic E-state index is 11.9. The average Bonchev–Trinajstić information content (AvgIpc) is 3.14. The van der Waals surface area contributed by atoms with Crippen LogP contribution in [0.25, 0.3) is 0 Å². The highest BCUT2D eigenvalue weighted by molar-refractivity contribution is 7.08. The molecule has 3 N–H and O–H groups in total. The molecule has 25 heavy (non-hydrogen) atoms. The van der Waals surface area contributed by atoms with Gasteiger partial charge < -0.3 is 16.0 Å². The van der Waals surface area contributed by atoms with Crippen LogP contribution < -0.4 is 16.0 Å². The van der Waals surface area contributed by atoms with Gasteiger partial charge in [-0.25, -0.2) is 15.0 Å². The van der Waals surface area contributed by atoms with E-state index in [1.165, 1.54) is 11.3 Å². The van der Waals surface area contributed by atoms with Crippen LogP contribution in [0.1, 0.15) is 16.2 Å². The largest absolute Gasteiger partial charge is 0.368 e. The number of carbonyl (C=O) groups excluding carboxylic acids is 1. The van der Waals surface area contributed by atoms with Crippen molar-refractivity contribution in [2.24, 2.45) is 0 Å². The molecule has 3 aromatic heterocycles. The van der Waals surface area contributed by atoms with Gasteiger partial charge in [0.15, 0.2) is 0 Å². The van der Waals surface area contributed by atoms with Gasteiger partial charge >= 0.3 is 0 Å². The second-order valence-corrected chi connectivity index (χ2v) is 6.00. The molecule has 0 unspecified atom stereocenters. The maximum atomic E-state index is 11.9. The maximum Gasteiger partial charge on any atom is 0.252 e. The molecular formula is C17H18N6OS. The second-order valence-electron chi connectivity index (χ2n) is 5.22. The highest BCUT2D eigenvalue weighted by Crippen LogP contribution is 2.15. The van der Waals surface area contributed by atoms with Gasteiger partial charge in [0.25, 0.3) is 5.91 Å². The number of hydrogen-bond acceptors (Lipinski definition) is 7. The van der Waals surface area contributed by atoms with Crippen molar-refractivity contribution in [1.82, 2.24) is 20.3 Å². The van der Waals surface area contributed by atoms with E-state index in [0.717, 1.165) is 5.82 Å². The fraction of sp³-hybridized carbons (Fsp3) is 0.176. The minimum atomic E-state index is -0.0700. The molecule has 0 fully saturated rings. The van der Waals surface area contributed by atoms with Gasteiger partial charge in [-0.15, -0.1) is 0 Å². The first-order chi connectivity index (χ1) is 12.2. The van der Waals surface area contributed by atoms with E-state index in [0.29, 0.717) is 36.1 Å². The van der Waals surface area contributed by atoms with Crippen LogP contribution in [-0.4, -0.2) is 33.9 Å². The van der Waals surface area contributed by atoms with Gasteiger partial charge in [-0.3, -0.25) is 4.79 Å². The Balaban J connectivity index is 1.53. The molecule has 128 valence electrons. The summed E-state index contributed by atoms with van der Waals surface area (Å²) in [4.78, 5) is 24.8. The molecule has 0 atom stereocenters. The SMILES string of the molecule is Cc1nc(NCCNC(=O)c2ccsc2)cc(Nc2ccccn2)n1. The van der Waals surface area contributed by atoms with E-state index in [1.54, 1.807) is 12.3 Å². The van der Waals surface area contributed by atoms with Gasteiger partial charge in [-0.05, 0) is 30.5 Å². The number of nitrogens with one attached hydrogen (secondary N) is 3. The van der Waals surface area contributed by atoms with Crippen LogP contribution in [0.3, 0.4) is 0 Å². The lowest BCUT2D eigenvalue weighted by Crippen LogP contribution is -2.28. The number of rotatable bonds is 7. The highest BCUT2D eigenvalue weighted by atomic mass is 32.1. The average molecular weight is 354 g/mol. The number of anilines is 3. The molecule has 3 rings (SSSR count). The molecule has 0 aromatic carbocycles. The van der Waals surface area contributed by atoms with E-state index in [9.17, 15) is 4.79 Å². The van der Waals surface area contributed by atoms with Crippen molar-refractivity contribution in [2.75, 3.05) is 23.7 Å². The molecule has 1 amide bonds. The van der Waals surface area contributed by atoms with Gasteiger partial charge in [-0.2, -0.15) is 11.3 Å². The van der Waals surface area contributed by atoms with E-state index < -0.39 is 0 Å². The van der Waals surface area contributed by atoms with Crippen molar-refractivity contribution >= 4 is 34.7 Å². The Morgan fingerprint density at radius 3 is 2.76 bits per heavy atom. The Bertz CT molecular complexity index is 822. The van der Waals surface area contributed by atoms with Crippen LogP contribution in [0.4, 0.5) is 17.5 Å².